The van der Waals surface area contributed by atoms with E-state index in [0.717, 1.165) is 13.1 Å². The minimum atomic E-state index is -0.0264. The van der Waals surface area contributed by atoms with Crippen LogP contribution in [0.25, 0.3) is 0 Å². The average molecular weight is 197 g/mol. The second-order valence-electron chi connectivity index (χ2n) is 3.34. The summed E-state index contributed by atoms with van der Waals surface area (Å²) in [5.41, 5.74) is 0. The van der Waals surface area contributed by atoms with Crippen LogP contribution in [0.3, 0.4) is 0 Å². The van der Waals surface area contributed by atoms with E-state index >= 15 is 0 Å². The van der Waals surface area contributed by atoms with E-state index in [4.69, 9.17) is 0 Å². The molecule has 1 amide bonds. The van der Waals surface area contributed by atoms with Crippen LogP contribution in [-0.4, -0.2) is 34.4 Å². The minimum Gasteiger partial charge on any atom is -0.330 e. The molecule has 3 heteroatoms. The van der Waals surface area contributed by atoms with Gasteiger partial charge in [-0.2, -0.15) is 11.8 Å². The van der Waals surface area contributed by atoms with Crippen molar-refractivity contribution >= 4 is 17.7 Å². The molecule has 1 heterocycles. The molecule has 2 nitrogen and oxygen atoms in total. The number of amides is 1. The molecule has 1 aliphatic rings. The van der Waals surface area contributed by atoms with Crippen LogP contribution in [0, 0.1) is 11.8 Å². The van der Waals surface area contributed by atoms with Crippen molar-refractivity contribution in [3.8, 4) is 11.8 Å². The van der Waals surface area contributed by atoms with Gasteiger partial charge in [0.1, 0.15) is 0 Å². The van der Waals surface area contributed by atoms with Crippen molar-refractivity contribution in [2.24, 2.45) is 0 Å². The summed E-state index contributed by atoms with van der Waals surface area (Å²) in [4.78, 5) is 13.3. The van der Waals surface area contributed by atoms with Gasteiger partial charge >= 0.3 is 0 Å². The van der Waals surface area contributed by atoms with Crippen molar-refractivity contribution in [2.45, 2.75) is 31.3 Å². The Balaban J connectivity index is 2.58. The fourth-order valence-corrected chi connectivity index (χ4v) is 2.85. The van der Waals surface area contributed by atoms with Crippen molar-refractivity contribution in [2.75, 3.05) is 13.1 Å². The summed E-state index contributed by atoms with van der Waals surface area (Å²) in [6.45, 7) is 7.68. The van der Waals surface area contributed by atoms with Gasteiger partial charge in [-0.3, -0.25) is 4.79 Å². The van der Waals surface area contributed by atoms with Gasteiger partial charge in [0.2, 0.25) is 0 Å². The summed E-state index contributed by atoms with van der Waals surface area (Å²) < 4.78 is 0. The van der Waals surface area contributed by atoms with E-state index in [1.54, 1.807) is 6.92 Å². The fourth-order valence-electron chi connectivity index (χ4n) is 1.53. The second kappa shape index (κ2) is 4.57. The lowest BCUT2D eigenvalue weighted by Crippen LogP contribution is -2.43. The number of carbonyl (C=O) groups excluding carboxylic acids is 1. The standard InChI is InChI=1S/C10H15NOS/c1-4-5-10(12)11-6-8(2)13-9(3)7-11/h8-9H,6-7H2,1-3H3. The zero-order valence-corrected chi connectivity index (χ0v) is 9.15. The van der Waals surface area contributed by atoms with Crippen molar-refractivity contribution in [1.29, 1.82) is 0 Å². The van der Waals surface area contributed by atoms with E-state index in [1.165, 1.54) is 0 Å². The molecule has 2 unspecified atom stereocenters. The highest BCUT2D eigenvalue weighted by Crippen LogP contribution is 2.24. The molecule has 0 aromatic heterocycles. The van der Waals surface area contributed by atoms with Crippen molar-refractivity contribution in [3.63, 3.8) is 0 Å². The van der Waals surface area contributed by atoms with E-state index in [2.05, 4.69) is 25.7 Å². The van der Waals surface area contributed by atoms with Crippen LogP contribution < -0.4 is 0 Å². The maximum Gasteiger partial charge on any atom is 0.298 e. The Kier molecular flexibility index (Phi) is 3.68. The first-order valence-electron chi connectivity index (χ1n) is 4.50. The maximum absolute atomic E-state index is 11.4. The van der Waals surface area contributed by atoms with Gasteiger partial charge < -0.3 is 4.90 Å². The zero-order valence-electron chi connectivity index (χ0n) is 8.33. The highest BCUT2D eigenvalue weighted by molar-refractivity contribution is 8.00. The number of nitrogens with zero attached hydrogens (tertiary/aromatic N) is 1. The first kappa shape index (κ1) is 10.5. The molecule has 0 bridgehead atoms. The van der Waals surface area contributed by atoms with Crippen LogP contribution in [0.4, 0.5) is 0 Å². The van der Waals surface area contributed by atoms with Crippen LogP contribution in [0.1, 0.15) is 20.8 Å². The van der Waals surface area contributed by atoms with Gasteiger partial charge in [-0.1, -0.05) is 19.8 Å². The van der Waals surface area contributed by atoms with E-state index < -0.39 is 0 Å². The first-order valence-corrected chi connectivity index (χ1v) is 5.45. The van der Waals surface area contributed by atoms with E-state index in [-0.39, 0.29) is 5.91 Å². The molecular weight excluding hydrogens is 182 g/mol. The molecule has 1 saturated heterocycles. The summed E-state index contributed by atoms with van der Waals surface area (Å²) in [7, 11) is 0. The number of hydrogen-bond donors (Lipinski definition) is 0. The normalized spacial score (nSPS) is 27.8. The summed E-state index contributed by atoms with van der Waals surface area (Å²) in [5.74, 6) is 5.20. The lowest BCUT2D eigenvalue weighted by Gasteiger charge is -2.33. The van der Waals surface area contributed by atoms with E-state index in [0.29, 0.717) is 10.5 Å². The third kappa shape index (κ3) is 2.96. The third-order valence-electron chi connectivity index (χ3n) is 1.94. The molecule has 0 spiro atoms. The largest absolute Gasteiger partial charge is 0.330 e. The highest BCUT2D eigenvalue weighted by atomic mass is 32.2. The Morgan fingerprint density at radius 2 is 1.92 bits per heavy atom. The molecule has 72 valence electrons. The van der Waals surface area contributed by atoms with Crippen LogP contribution in [0.5, 0.6) is 0 Å². The molecule has 0 radical (unpaired) electrons. The Bertz CT molecular complexity index is 243. The topological polar surface area (TPSA) is 20.3 Å². The van der Waals surface area contributed by atoms with E-state index in [9.17, 15) is 4.79 Å². The highest BCUT2D eigenvalue weighted by Gasteiger charge is 2.24. The average Bonchev–Trinajstić information content (AvgIpc) is 2.03. The number of hydrogen-bond acceptors (Lipinski definition) is 2. The zero-order chi connectivity index (χ0) is 9.84. The Hall–Kier alpha value is -0.620. The second-order valence-corrected chi connectivity index (χ2v) is 5.22. The third-order valence-corrected chi connectivity index (χ3v) is 3.17. The molecule has 1 aliphatic heterocycles. The van der Waals surface area contributed by atoms with Crippen LogP contribution >= 0.6 is 11.8 Å². The van der Waals surface area contributed by atoms with Gasteiger partial charge in [-0.15, -0.1) is 0 Å². The molecule has 0 aliphatic carbocycles. The van der Waals surface area contributed by atoms with Crippen molar-refractivity contribution in [3.05, 3.63) is 0 Å². The predicted molar refractivity (Wildman–Crippen MR) is 56.5 cm³/mol. The van der Waals surface area contributed by atoms with E-state index in [1.807, 2.05) is 16.7 Å². The Morgan fingerprint density at radius 3 is 2.38 bits per heavy atom. The molecule has 0 aromatic rings. The van der Waals surface area contributed by atoms with Gasteiger partial charge in [0, 0.05) is 23.6 Å². The van der Waals surface area contributed by atoms with Crippen LogP contribution in [0.15, 0.2) is 0 Å². The maximum atomic E-state index is 11.4. The molecule has 0 aromatic carbocycles. The Labute approximate surface area is 84.1 Å². The molecule has 13 heavy (non-hydrogen) atoms. The number of thioether (sulfide) groups is 1. The molecule has 2 atom stereocenters. The summed E-state index contributed by atoms with van der Waals surface area (Å²) in [6.07, 6.45) is 0. The monoisotopic (exact) mass is 197 g/mol. The summed E-state index contributed by atoms with van der Waals surface area (Å²) in [6, 6.07) is 0. The summed E-state index contributed by atoms with van der Waals surface area (Å²) in [5, 5.41) is 1.07. The fraction of sp³-hybridized carbons (Fsp3) is 0.700. The lowest BCUT2D eigenvalue weighted by molar-refractivity contribution is -0.125. The number of rotatable bonds is 0. The summed E-state index contributed by atoms with van der Waals surface area (Å²) >= 11 is 1.94. The minimum absolute atomic E-state index is 0.0264. The quantitative estimate of drug-likeness (QED) is 0.547. The predicted octanol–water partition coefficient (Wildman–Crippen LogP) is 1.36. The van der Waals surface area contributed by atoms with Gasteiger partial charge in [0.25, 0.3) is 5.91 Å². The first-order chi connectivity index (χ1) is 6.13. The van der Waals surface area contributed by atoms with Gasteiger partial charge in [0.05, 0.1) is 0 Å². The van der Waals surface area contributed by atoms with Gasteiger partial charge in [-0.25, -0.2) is 0 Å². The molecule has 1 rings (SSSR count). The van der Waals surface area contributed by atoms with Crippen LogP contribution in [-0.2, 0) is 4.79 Å². The van der Waals surface area contributed by atoms with Crippen LogP contribution in [0.2, 0.25) is 0 Å². The van der Waals surface area contributed by atoms with Gasteiger partial charge in [0.15, 0.2) is 0 Å². The molecule has 1 fully saturated rings. The molecular formula is C10H15NOS. The lowest BCUT2D eigenvalue weighted by atomic mass is 10.3. The molecule has 0 N–H and O–H groups in total. The smallest absolute Gasteiger partial charge is 0.298 e. The van der Waals surface area contributed by atoms with Crippen molar-refractivity contribution < 1.29 is 4.79 Å². The number of carbonyl (C=O) groups is 1. The Morgan fingerprint density at radius 1 is 1.38 bits per heavy atom. The van der Waals surface area contributed by atoms with Crippen molar-refractivity contribution in [1.82, 2.24) is 4.90 Å². The van der Waals surface area contributed by atoms with Gasteiger partial charge in [-0.05, 0) is 12.8 Å². The molecule has 0 saturated carbocycles. The SMILES string of the molecule is CC#CC(=O)N1CC(C)SC(C)C1.